The van der Waals surface area contributed by atoms with E-state index in [0.29, 0.717) is 16.5 Å². The summed E-state index contributed by atoms with van der Waals surface area (Å²) in [6.07, 6.45) is 1.83. The first-order chi connectivity index (χ1) is 9.20. The summed E-state index contributed by atoms with van der Waals surface area (Å²) in [7, 11) is 0. The minimum absolute atomic E-state index is 0.155. The van der Waals surface area contributed by atoms with Crippen molar-refractivity contribution in [3.8, 4) is 5.75 Å². The molecule has 4 nitrogen and oxygen atoms in total. The first kappa shape index (κ1) is 14.9. The van der Waals surface area contributed by atoms with Crippen molar-refractivity contribution in [3.63, 3.8) is 0 Å². The lowest BCUT2D eigenvalue weighted by Crippen LogP contribution is -2.31. The van der Waals surface area contributed by atoms with Gasteiger partial charge in [0, 0.05) is 5.56 Å². The third-order valence-electron chi connectivity index (χ3n) is 3.26. The van der Waals surface area contributed by atoms with Gasteiger partial charge in [0.05, 0.1) is 10.8 Å². The average Bonchev–Trinajstić information content (AvgIpc) is 2.64. The highest BCUT2D eigenvalue weighted by Gasteiger charge is 2.25. The molecule has 0 spiro atoms. The Hall–Kier alpha value is -1.46. The summed E-state index contributed by atoms with van der Waals surface area (Å²) in [4.78, 5) is 12.4. The van der Waals surface area contributed by atoms with Crippen molar-refractivity contribution in [3.05, 3.63) is 33.7 Å². The average molecular weight is 292 g/mol. The zero-order valence-electron chi connectivity index (χ0n) is 12.2. The predicted octanol–water partition coefficient (Wildman–Crippen LogP) is 2.75. The van der Waals surface area contributed by atoms with Crippen LogP contribution in [-0.2, 0) is 10.2 Å². The molecule has 0 aliphatic carbocycles. The minimum Gasteiger partial charge on any atom is -0.507 e. The van der Waals surface area contributed by atoms with Crippen LogP contribution in [0.25, 0.3) is 6.08 Å². The summed E-state index contributed by atoms with van der Waals surface area (Å²) in [6, 6.07) is 3.81. The molecule has 0 radical (unpaired) electrons. The van der Waals surface area contributed by atoms with Gasteiger partial charge in [0.2, 0.25) is 0 Å². The van der Waals surface area contributed by atoms with Crippen LogP contribution in [0.4, 0.5) is 0 Å². The molecule has 0 atom stereocenters. The van der Waals surface area contributed by atoms with Crippen LogP contribution in [0.15, 0.2) is 17.0 Å². The molecule has 0 saturated carbocycles. The molecule has 5 heteroatoms. The van der Waals surface area contributed by atoms with Gasteiger partial charge in [-0.25, -0.2) is 5.84 Å². The molecule has 0 aromatic heterocycles. The van der Waals surface area contributed by atoms with Crippen LogP contribution in [0, 0.1) is 6.92 Å². The Balaban J connectivity index is 2.47. The number of benzene rings is 1. The number of aryl methyl sites for hydroxylation is 1. The van der Waals surface area contributed by atoms with E-state index >= 15 is 0 Å². The monoisotopic (exact) mass is 292 g/mol. The number of nitrogens with two attached hydrogens (primary N) is 1. The summed E-state index contributed by atoms with van der Waals surface area (Å²) in [5, 5.41) is 11.4. The summed E-state index contributed by atoms with van der Waals surface area (Å²) in [5.41, 5.74) is 2.45. The fourth-order valence-electron chi connectivity index (χ4n) is 2.12. The predicted molar refractivity (Wildman–Crippen MR) is 83.0 cm³/mol. The van der Waals surface area contributed by atoms with Gasteiger partial charge in [0.1, 0.15) is 5.75 Å². The lowest BCUT2D eigenvalue weighted by atomic mass is 9.84. The van der Waals surface area contributed by atoms with Gasteiger partial charge in [0.25, 0.3) is 5.91 Å². The van der Waals surface area contributed by atoms with E-state index in [9.17, 15) is 9.90 Å². The molecule has 1 aromatic rings. The Bertz CT molecular complexity index is 588. The first-order valence-electron chi connectivity index (χ1n) is 6.45. The molecule has 1 aliphatic heterocycles. The summed E-state index contributed by atoms with van der Waals surface area (Å²) in [5.74, 6) is 6.21. The summed E-state index contributed by atoms with van der Waals surface area (Å²) in [6.45, 7) is 8.02. The second-order valence-electron chi connectivity index (χ2n) is 6.04. The Kier molecular flexibility index (Phi) is 3.84. The molecule has 0 unspecified atom stereocenters. The third kappa shape index (κ3) is 2.83. The number of hydrogen-bond acceptors (Lipinski definition) is 4. The fraction of sp³-hybridized carbons (Fsp3) is 0.400. The van der Waals surface area contributed by atoms with Crippen LogP contribution in [0.3, 0.4) is 0 Å². The number of hydrazine groups is 1. The smallest absolute Gasteiger partial charge is 0.275 e. The Labute approximate surface area is 123 Å². The van der Waals surface area contributed by atoms with E-state index in [4.69, 9.17) is 5.84 Å². The van der Waals surface area contributed by atoms with Gasteiger partial charge in [-0.05, 0) is 41.7 Å². The lowest BCUT2D eigenvalue weighted by Gasteiger charge is -2.22. The van der Waals surface area contributed by atoms with Crippen molar-refractivity contribution in [1.82, 2.24) is 5.01 Å². The molecule has 1 heterocycles. The number of carbonyl (C=O) groups excluding carboxylic acids is 1. The maximum atomic E-state index is 11.8. The van der Waals surface area contributed by atoms with Crippen LogP contribution in [0.1, 0.15) is 37.5 Å². The molecule has 2 rings (SSSR count). The van der Waals surface area contributed by atoms with E-state index < -0.39 is 0 Å². The highest BCUT2D eigenvalue weighted by molar-refractivity contribution is 8.04. The zero-order valence-corrected chi connectivity index (χ0v) is 13.0. The molecular formula is C15H20N2O2S. The maximum absolute atomic E-state index is 11.8. The zero-order chi connectivity index (χ0) is 15.1. The van der Waals surface area contributed by atoms with Crippen LogP contribution in [-0.4, -0.2) is 21.9 Å². The lowest BCUT2D eigenvalue weighted by molar-refractivity contribution is -0.124. The standard InChI is InChI=1S/C15H20N2O2S/c1-9-5-10(6-11(13(9)18)15(2,3)4)7-12-14(19)17(16)8-20-12/h5-7,18H,8,16H2,1-4H3. The Morgan fingerprint density at radius 2 is 2.05 bits per heavy atom. The molecular weight excluding hydrogens is 272 g/mol. The number of carbonyl (C=O) groups is 1. The van der Waals surface area contributed by atoms with Crippen molar-refractivity contribution >= 4 is 23.7 Å². The van der Waals surface area contributed by atoms with Gasteiger partial charge < -0.3 is 5.11 Å². The van der Waals surface area contributed by atoms with Crippen molar-refractivity contribution in [1.29, 1.82) is 0 Å². The topological polar surface area (TPSA) is 66.6 Å². The Morgan fingerprint density at radius 3 is 2.55 bits per heavy atom. The van der Waals surface area contributed by atoms with E-state index in [2.05, 4.69) is 20.8 Å². The van der Waals surface area contributed by atoms with Crippen molar-refractivity contribution in [2.75, 3.05) is 5.88 Å². The SMILES string of the molecule is Cc1cc(C=C2SCN(N)C2=O)cc(C(C)(C)C)c1O. The van der Waals surface area contributed by atoms with Gasteiger partial charge in [-0.15, -0.1) is 0 Å². The largest absolute Gasteiger partial charge is 0.507 e. The van der Waals surface area contributed by atoms with Gasteiger partial charge >= 0.3 is 0 Å². The number of amides is 1. The maximum Gasteiger partial charge on any atom is 0.275 e. The molecule has 1 amide bonds. The normalized spacial score (nSPS) is 18.1. The molecule has 0 bridgehead atoms. The second-order valence-corrected chi connectivity index (χ2v) is 7.03. The number of aromatic hydroxyl groups is 1. The molecule has 1 aliphatic rings. The second kappa shape index (κ2) is 5.14. The van der Waals surface area contributed by atoms with Gasteiger partial charge in [-0.1, -0.05) is 32.5 Å². The number of nitrogens with zero attached hydrogens (tertiary/aromatic N) is 1. The molecule has 1 aromatic carbocycles. The number of phenols is 1. The van der Waals surface area contributed by atoms with Crippen molar-refractivity contribution < 1.29 is 9.90 Å². The van der Waals surface area contributed by atoms with Crippen LogP contribution in [0.5, 0.6) is 5.75 Å². The van der Waals surface area contributed by atoms with Crippen molar-refractivity contribution in [2.45, 2.75) is 33.1 Å². The number of phenolic OH excluding ortho intramolecular Hbond substituents is 1. The number of thioether (sulfide) groups is 1. The molecule has 1 saturated heterocycles. The Morgan fingerprint density at radius 1 is 1.40 bits per heavy atom. The van der Waals surface area contributed by atoms with E-state index in [1.807, 2.05) is 25.1 Å². The minimum atomic E-state index is -0.157. The summed E-state index contributed by atoms with van der Waals surface area (Å²) >= 11 is 1.43. The van der Waals surface area contributed by atoms with Gasteiger partial charge in [0.15, 0.2) is 0 Å². The molecule has 20 heavy (non-hydrogen) atoms. The van der Waals surface area contributed by atoms with Gasteiger partial charge in [-0.3, -0.25) is 9.80 Å². The highest BCUT2D eigenvalue weighted by Crippen LogP contribution is 2.35. The molecule has 1 fully saturated rings. The highest BCUT2D eigenvalue weighted by atomic mass is 32.2. The van der Waals surface area contributed by atoms with Crippen LogP contribution >= 0.6 is 11.8 Å². The van der Waals surface area contributed by atoms with Gasteiger partial charge in [-0.2, -0.15) is 0 Å². The molecule has 108 valence electrons. The number of hydrogen-bond donors (Lipinski definition) is 2. The van der Waals surface area contributed by atoms with Crippen LogP contribution < -0.4 is 5.84 Å². The third-order valence-corrected chi connectivity index (χ3v) is 4.27. The van der Waals surface area contributed by atoms with Crippen LogP contribution in [0.2, 0.25) is 0 Å². The fourth-order valence-corrected chi connectivity index (χ4v) is 2.97. The van der Waals surface area contributed by atoms with E-state index in [1.54, 1.807) is 0 Å². The quantitative estimate of drug-likeness (QED) is 0.474. The van der Waals surface area contributed by atoms with E-state index in [0.717, 1.165) is 16.7 Å². The van der Waals surface area contributed by atoms with E-state index in [1.165, 1.54) is 16.8 Å². The van der Waals surface area contributed by atoms with E-state index in [-0.39, 0.29) is 11.3 Å². The van der Waals surface area contributed by atoms with Crippen molar-refractivity contribution in [2.24, 2.45) is 5.84 Å². The number of rotatable bonds is 1. The summed E-state index contributed by atoms with van der Waals surface area (Å²) < 4.78 is 0. The molecule has 3 N–H and O–H groups in total. The first-order valence-corrected chi connectivity index (χ1v) is 7.44.